The molecule has 0 aliphatic rings. The highest BCUT2D eigenvalue weighted by Crippen LogP contribution is 2.23. The van der Waals surface area contributed by atoms with Crippen molar-refractivity contribution in [1.29, 1.82) is 0 Å². The van der Waals surface area contributed by atoms with Gasteiger partial charge in [0.25, 0.3) is 0 Å². The van der Waals surface area contributed by atoms with E-state index in [1.807, 2.05) is 0 Å². The van der Waals surface area contributed by atoms with Gasteiger partial charge in [0.2, 0.25) is 10.0 Å². The molecule has 0 radical (unpaired) electrons. The van der Waals surface area contributed by atoms with Crippen LogP contribution in [-0.4, -0.2) is 27.7 Å². The molecule has 0 atom stereocenters. The van der Waals surface area contributed by atoms with E-state index in [0.717, 1.165) is 12.1 Å². The van der Waals surface area contributed by atoms with Crippen LogP contribution in [0, 0.1) is 11.6 Å². The Morgan fingerprint density at radius 1 is 1.32 bits per heavy atom. The topological polar surface area (TPSA) is 81.4 Å². The van der Waals surface area contributed by atoms with Crippen LogP contribution in [0.15, 0.2) is 17.0 Å². The number of methoxy groups -OCH3 is 1. The molecule has 3 N–H and O–H groups in total. The molecule has 0 unspecified atom stereocenters. The SMILES string of the molecule is COCC(C)(C)NS(=O)(=O)c1c(F)cc(N)cc1F. The summed E-state index contributed by atoms with van der Waals surface area (Å²) in [6.07, 6.45) is 0. The van der Waals surface area contributed by atoms with E-state index in [0.29, 0.717) is 0 Å². The minimum atomic E-state index is -4.35. The van der Waals surface area contributed by atoms with E-state index < -0.39 is 32.1 Å². The molecule has 0 saturated carbocycles. The first-order valence-corrected chi connectivity index (χ1v) is 6.85. The maximum Gasteiger partial charge on any atom is 0.246 e. The van der Waals surface area contributed by atoms with Crippen molar-refractivity contribution >= 4 is 15.7 Å². The van der Waals surface area contributed by atoms with Crippen LogP contribution >= 0.6 is 0 Å². The Kier molecular flexibility index (Phi) is 4.49. The van der Waals surface area contributed by atoms with Crippen LogP contribution in [0.25, 0.3) is 0 Å². The summed E-state index contributed by atoms with van der Waals surface area (Å²) in [7, 11) is -2.96. The molecule has 0 bridgehead atoms. The Morgan fingerprint density at radius 2 is 1.79 bits per heavy atom. The molecule has 1 rings (SSSR count). The van der Waals surface area contributed by atoms with Gasteiger partial charge < -0.3 is 10.5 Å². The Labute approximate surface area is 110 Å². The summed E-state index contributed by atoms with van der Waals surface area (Å²) in [5.74, 6) is -2.48. The molecule has 1 aromatic rings. The standard InChI is InChI=1S/C11H16F2N2O3S/c1-11(2,6-18-3)15-19(16,17)10-8(12)4-7(14)5-9(10)13/h4-5,15H,6,14H2,1-3H3. The van der Waals surface area contributed by atoms with Crippen molar-refractivity contribution in [3.05, 3.63) is 23.8 Å². The third-order valence-corrected chi connectivity index (χ3v) is 3.95. The number of rotatable bonds is 5. The van der Waals surface area contributed by atoms with Gasteiger partial charge >= 0.3 is 0 Å². The summed E-state index contributed by atoms with van der Waals surface area (Å²) in [6.45, 7) is 3.10. The quantitative estimate of drug-likeness (QED) is 0.801. The van der Waals surface area contributed by atoms with Crippen LogP contribution in [0.1, 0.15) is 13.8 Å². The molecule has 0 fully saturated rings. The zero-order valence-corrected chi connectivity index (χ0v) is 11.6. The second-order valence-electron chi connectivity index (χ2n) is 4.74. The Bertz CT molecular complexity index is 550. The third kappa shape index (κ3) is 3.85. The smallest absolute Gasteiger partial charge is 0.246 e. The first-order valence-electron chi connectivity index (χ1n) is 5.36. The molecular weight excluding hydrogens is 278 g/mol. The number of benzene rings is 1. The van der Waals surface area contributed by atoms with Gasteiger partial charge in [0, 0.05) is 12.8 Å². The molecular formula is C11H16F2N2O3S. The van der Waals surface area contributed by atoms with Gasteiger partial charge in [-0.2, -0.15) is 0 Å². The lowest BCUT2D eigenvalue weighted by Gasteiger charge is -2.25. The first-order chi connectivity index (χ1) is 8.59. The fourth-order valence-electron chi connectivity index (χ4n) is 1.64. The predicted octanol–water partition coefficient (Wildman–Crippen LogP) is 1.25. The van der Waals surface area contributed by atoms with Crippen LogP contribution in [0.3, 0.4) is 0 Å². The number of nitrogens with one attached hydrogen (secondary N) is 1. The van der Waals surface area contributed by atoms with Crippen LogP contribution < -0.4 is 10.5 Å². The number of nitrogen functional groups attached to an aromatic ring is 1. The minimum Gasteiger partial charge on any atom is -0.399 e. The molecule has 0 aliphatic heterocycles. The highest BCUT2D eigenvalue weighted by atomic mass is 32.2. The van der Waals surface area contributed by atoms with Crippen LogP contribution in [0.5, 0.6) is 0 Å². The van der Waals surface area contributed by atoms with Crippen molar-refractivity contribution in [2.24, 2.45) is 0 Å². The molecule has 1 aromatic carbocycles. The van der Waals surface area contributed by atoms with E-state index in [9.17, 15) is 17.2 Å². The predicted molar refractivity (Wildman–Crippen MR) is 67.0 cm³/mol. The van der Waals surface area contributed by atoms with Crippen molar-refractivity contribution in [3.63, 3.8) is 0 Å². The van der Waals surface area contributed by atoms with E-state index in [1.54, 1.807) is 0 Å². The molecule has 0 saturated heterocycles. The molecule has 5 nitrogen and oxygen atoms in total. The van der Waals surface area contributed by atoms with E-state index in [-0.39, 0.29) is 12.3 Å². The van der Waals surface area contributed by atoms with Crippen LogP contribution in [0.4, 0.5) is 14.5 Å². The van der Waals surface area contributed by atoms with Gasteiger partial charge in [-0.15, -0.1) is 0 Å². The fourth-order valence-corrected chi connectivity index (χ4v) is 3.16. The Hall–Kier alpha value is -1.25. The summed E-state index contributed by atoms with van der Waals surface area (Å²) in [6, 6.07) is 1.50. The number of ether oxygens (including phenoxy) is 1. The van der Waals surface area contributed by atoms with Crippen molar-refractivity contribution in [3.8, 4) is 0 Å². The summed E-state index contributed by atoms with van der Waals surface area (Å²) < 4.78 is 58.2. The molecule has 19 heavy (non-hydrogen) atoms. The Morgan fingerprint density at radius 3 is 2.21 bits per heavy atom. The van der Waals surface area contributed by atoms with Gasteiger partial charge in [0.05, 0.1) is 12.1 Å². The van der Waals surface area contributed by atoms with Crippen molar-refractivity contribution < 1.29 is 21.9 Å². The average Bonchev–Trinajstić information content (AvgIpc) is 2.11. The number of nitrogens with two attached hydrogens (primary N) is 1. The summed E-state index contributed by atoms with van der Waals surface area (Å²) in [5.41, 5.74) is 4.04. The van der Waals surface area contributed by atoms with Gasteiger partial charge in [-0.3, -0.25) is 0 Å². The molecule has 108 valence electrons. The van der Waals surface area contributed by atoms with E-state index in [2.05, 4.69) is 4.72 Å². The second-order valence-corrected chi connectivity index (χ2v) is 6.36. The molecule has 0 amide bonds. The van der Waals surface area contributed by atoms with E-state index in [1.165, 1.54) is 21.0 Å². The molecule has 0 aliphatic carbocycles. The number of anilines is 1. The minimum absolute atomic E-state index is 0.0461. The fraction of sp³-hybridized carbons (Fsp3) is 0.455. The van der Waals surface area contributed by atoms with Crippen molar-refractivity contribution in [2.75, 3.05) is 19.5 Å². The number of hydrogen-bond acceptors (Lipinski definition) is 4. The first kappa shape index (κ1) is 15.8. The van der Waals surface area contributed by atoms with Gasteiger partial charge in [0.1, 0.15) is 11.6 Å². The van der Waals surface area contributed by atoms with Gasteiger partial charge in [-0.1, -0.05) is 0 Å². The highest BCUT2D eigenvalue weighted by molar-refractivity contribution is 7.89. The number of hydrogen-bond donors (Lipinski definition) is 2. The largest absolute Gasteiger partial charge is 0.399 e. The lowest BCUT2D eigenvalue weighted by atomic mass is 10.1. The van der Waals surface area contributed by atoms with Crippen molar-refractivity contribution in [1.82, 2.24) is 4.72 Å². The van der Waals surface area contributed by atoms with Gasteiger partial charge in [-0.05, 0) is 26.0 Å². The number of halogens is 2. The second kappa shape index (κ2) is 5.40. The summed E-state index contributed by atoms with van der Waals surface area (Å²) >= 11 is 0. The van der Waals surface area contributed by atoms with E-state index in [4.69, 9.17) is 10.5 Å². The lowest BCUT2D eigenvalue weighted by molar-refractivity contribution is 0.141. The maximum absolute atomic E-state index is 13.6. The van der Waals surface area contributed by atoms with Gasteiger partial charge in [-0.25, -0.2) is 21.9 Å². The molecule has 0 heterocycles. The average molecular weight is 294 g/mol. The molecule has 0 aromatic heterocycles. The van der Waals surface area contributed by atoms with Crippen molar-refractivity contribution in [2.45, 2.75) is 24.3 Å². The zero-order valence-electron chi connectivity index (χ0n) is 10.8. The highest BCUT2D eigenvalue weighted by Gasteiger charge is 2.31. The van der Waals surface area contributed by atoms with E-state index >= 15 is 0 Å². The zero-order chi connectivity index (χ0) is 14.8. The summed E-state index contributed by atoms with van der Waals surface area (Å²) in [4.78, 5) is -1.05. The lowest BCUT2D eigenvalue weighted by Crippen LogP contribution is -2.47. The monoisotopic (exact) mass is 294 g/mol. The maximum atomic E-state index is 13.6. The third-order valence-electron chi connectivity index (χ3n) is 2.21. The molecule has 0 spiro atoms. The Balaban J connectivity index is 3.22. The summed E-state index contributed by atoms with van der Waals surface area (Å²) in [5, 5.41) is 0. The van der Waals surface area contributed by atoms with Crippen LogP contribution in [-0.2, 0) is 14.8 Å². The molecule has 8 heteroatoms. The number of sulfonamides is 1. The van der Waals surface area contributed by atoms with Crippen LogP contribution in [0.2, 0.25) is 0 Å². The normalized spacial score (nSPS) is 12.7. The van der Waals surface area contributed by atoms with Gasteiger partial charge in [0.15, 0.2) is 4.90 Å².